The van der Waals surface area contributed by atoms with E-state index in [1.54, 1.807) is 0 Å². The minimum atomic E-state index is -0.307. The first kappa shape index (κ1) is 16.1. The summed E-state index contributed by atoms with van der Waals surface area (Å²) in [6.45, 7) is 0. The molecular weight excluding hydrogens is 330 g/mol. The van der Waals surface area contributed by atoms with Crippen molar-refractivity contribution in [2.24, 2.45) is 10.6 Å². The van der Waals surface area contributed by atoms with Crippen molar-refractivity contribution >= 4 is 11.8 Å². The predicted octanol–water partition coefficient (Wildman–Crippen LogP) is 5.29. The quantitative estimate of drug-likeness (QED) is 0.505. The van der Waals surface area contributed by atoms with Gasteiger partial charge in [-0.2, -0.15) is 0 Å². The van der Waals surface area contributed by atoms with Gasteiger partial charge in [-0.1, -0.05) is 95.7 Å². The highest BCUT2D eigenvalue weighted by molar-refractivity contribution is 6.11. The molecule has 3 aromatic rings. The van der Waals surface area contributed by atoms with Gasteiger partial charge >= 0.3 is 0 Å². The van der Waals surface area contributed by atoms with Crippen LogP contribution in [0.3, 0.4) is 0 Å². The molecule has 2 heteroatoms. The summed E-state index contributed by atoms with van der Waals surface area (Å²) in [6.07, 6.45) is 4.93. The van der Waals surface area contributed by atoms with Gasteiger partial charge in [-0.05, 0) is 41.5 Å². The monoisotopic (exact) mass is 351 g/mol. The van der Waals surface area contributed by atoms with Gasteiger partial charge in [-0.3, -0.25) is 0 Å². The average Bonchev–Trinajstić information content (AvgIpc) is 3.28. The number of nitrogens with zero attached hydrogens (tertiary/aromatic N) is 1. The Hall–Kier alpha value is -3.13. The fourth-order valence-corrected chi connectivity index (χ4v) is 4.78. The minimum absolute atomic E-state index is 0.307. The lowest BCUT2D eigenvalue weighted by molar-refractivity contribution is 0.310. The third kappa shape index (κ3) is 2.52. The summed E-state index contributed by atoms with van der Waals surface area (Å²) in [5, 5.41) is 13.9. The van der Waals surface area contributed by atoms with Gasteiger partial charge in [0.2, 0.25) is 0 Å². The second-order valence-corrected chi connectivity index (χ2v) is 7.57. The third-order valence-electron chi connectivity index (χ3n) is 6.05. The van der Waals surface area contributed by atoms with Gasteiger partial charge in [0, 0.05) is 11.0 Å². The predicted molar refractivity (Wildman–Crippen MR) is 109 cm³/mol. The van der Waals surface area contributed by atoms with E-state index in [0.717, 1.165) is 30.5 Å². The zero-order valence-electron chi connectivity index (χ0n) is 15.1. The number of fused-ring (bicyclic) bond motifs is 2. The van der Waals surface area contributed by atoms with E-state index < -0.39 is 0 Å². The summed E-state index contributed by atoms with van der Waals surface area (Å²) < 4.78 is 0. The van der Waals surface area contributed by atoms with Crippen molar-refractivity contribution in [2.45, 2.75) is 19.3 Å². The van der Waals surface area contributed by atoms with E-state index in [1.807, 2.05) is 12.1 Å². The van der Waals surface area contributed by atoms with Crippen molar-refractivity contribution in [3.05, 3.63) is 112 Å². The molecule has 0 saturated carbocycles. The third-order valence-corrected chi connectivity index (χ3v) is 6.05. The minimum Gasteiger partial charge on any atom is -0.411 e. The molecule has 1 N–H and O–H groups in total. The number of benzene rings is 3. The van der Waals surface area contributed by atoms with Gasteiger partial charge in [-0.15, -0.1) is 0 Å². The van der Waals surface area contributed by atoms with Crippen LogP contribution in [-0.2, 0) is 19.3 Å². The van der Waals surface area contributed by atoms with Gasteiger partial charge in [0.05, 0.1) is 5.71 Å². The smallest absolute Gasteiger partial charge is 0.0979 e. The summed E-state index contributed by atoms with van der Waals surface area (Å²) in [6, 6.07) is 27.5. The highest BCUT2D eigenvalue weighted by atomic mass is 16.4. The molecule has 0 aliphatic heterocycles. The molecule has 2 aliphatic rings. The van der Waals surface area contributed by atoms with E-state index in [4.69, 9.17) is 0 Å². The Kier molecular flexibility index (Phi) is 3.71. The van der Waals surface area contributed by atoms with Crippen LogP contribution in [0.5, 0.6) is 0 Å². The van der Waals surface area contributed by atoms with E-state index in [-0.39, 0.29) is 5.41 Å². The molecule has 27 heavy (non-hydrogen) atoms. The Bertz CT molecular complexity index is 1060. The molecule has 0 amide bonds. The zero-order valence-corrected chi connectivity index (χ0v) is 15.1. The molecule has 5 rings (SSSR count). The molecule has 2 nitrogen and oxygen atoms in total. The van der Waals surface area contributed by atoms with Crippen LogP contribution >= 0.6 is 0 Å². The summed E-state index contributed by atoms with van der Waals surface area (Å²) >= 11 is 0. The topological polar surface area (TPSA) is 32.6 Å². The van der Waals surface area contributed by atoms with E-state index in [9.17, 15) is 5.21 Å². The normalized spacial score (nSPS) is 21.8. The van der Waals surface area contributed by atoms with Crippen LogP contribution in [0.15, 0.2) is 89.6 Å². The Morgan fingerprint density at radius 2 is 1.52 bits per heavy atom. The van der Waals surface area contributed by atoms with E-state index in [2.05, 4.69) is 78.0 Å². The van der Waals surface area contributed by atoms with Crippen LogP contribution in [0.2, 0.25) is 0 Å². The van der Waals surface area contributed by atoms with Crippen LogP contribution < -0.4 is 0 Å². The first-order valence-electron chi connectivity index (χ1n) is 9.44. The molecule has 2 aliphatic carbocycles. The van der Waals surface area contributed by atoms with Gasteiger partial charge < -0.3 is 5.21 Å². The van der Waals surface area contributed by atoms with E-state index in [1.165, 1.54) is 27.8 Å². The number of allylic oxidation sites excluding steroid dienone is 1. The maximum atomic E-state index is 10.1. The number of rotatable bonds is 3. The molecule has 0 aromatic heterocycles. The SMILES string of the molecule is ON=C1c2ccccc2CC1(Cc1ccccc1)C1=Cc2ccccc2C1. The summed E-state index contributed by atoms with van der Waals surface area (Å²) in [4.78, 5) is 0. The van der Waals surface area contributed by atoms with Gasteiger partial charge in [-0.25, -0.2) is 0 Å². The lowest BCUT2D eigenvalue weighted by Crippen LogP contribution is -2.34. The molecule has 0 radical (unpaired) electrons. The zero-order chi connectivity index (χ0) is 18.3. The molecule has 1 atom stereocenters. The fourth-order valence-electron chi connectivity index (χ4n) is 4.78. The lowest BCUT2D eigenvalue weighted by atomic mass is 9.71. The lowest BCUT2D eigenvalue weighted by Gasteiger charge is -2.31. The van der Waals surface area contributed by atoms with Gasteiger partial charge in [0.25, 0.3) is 0 Å². The van der Waals surface area contributed by atoms with E-state index >= 15 is 0 Å². The Balaban J connectivity index is 1.67. The number of hydrogen-bond donors (Lipinski definition) is 1. The molecule has 0 spiro atoms. The standard InChI is InChI=1S/C25H21NO/c27-26-24-23-13-7-6-12-21(23)17-25(24,16-18-8-2-1-3-9-18)22-14-19-10-4-5-11-20(19)15-22/h1-14,27H,15-17H2. The van der Waals surface area contributed by atoms with Gasteiger partial charge in [0.1, 0.15) is 0 Å². The number of oxime groups is 1. The van der Waals surface area contributed by atoms with Crippen molar-refractivity contribution in [1.29, 1.82) is 0 Å². The summed E-state index contributed by atoms with van der Waals surface area (Å²) in [7, 11) is 0. The summed E-state index contributed by atoms with van der Waals surface area (Å²) in [5.74, 6) is 0. The Labute approximate surface area is 159 Å². The van der Waals surface area contributed by atoms with Crippen LogP contribution in [0.25, 0.3) is 6.08 Å². The maximum absolute atomic E-state index is 10.1. The second kappa shape index (κ2) is 6.24. The fraction of sp³-hybridized carbons (Fsp3) is 0.160. The van der Waals surface area contributed by atoms with Crippen molar-refractivity contribution in [2.75, 3.05) is 0 Å². The Morgan fingerprint density at radius 1 is 0.815 bits per heavy atom. The molecule has 0 fully saturated rings. The van der Waals surface area contributed by atoms with Gasteiger partial charge in [0.15, 0.2) is 0 Å². The highest BCUT2D eigenvalue weighted by Crippen LogP contribution is 2.49. The largest absolute Gasteiger partial charge is 0.411 e. The Morgan fingerprint density at radius 3 is 2.30 bits per heavy atom. The highest BCUT2D eigenvalue weighted by Gasteiger charge is 2.47. The molecule has 3 aromatic carbocycles. The van der Waals surface area contributed by atoms with Crippen molar-refractivity contribution in [1.82, 2.24) is 0 Å². The first-order valence-corrected chi connectivity index (χ1v) is 9.44. The second-order valence-electron chi connectivity index (χ2n) is 7.57. The van der Waals surface area contributed by atoms with E-state index in [0.29, 0.717) is 0 Å². The summed E-state index contributed by atoms with van der Waals surface area (Å²) in [5.41, 5.74) is 8.09. The van der Waals surface area contributed by atoms with Crippen LogP contribution in [0.4, 0.5) is 0 Å². The van der Waals surface area contributed by atoms with Crippen molar-refractivity contribution < 1.29 is 5.21 Å². The first-order chi connectivity index (χ1) is 13.3. The van der Waals surface area contributed by atoms with Crippen LogP contribution in [0.1, 0.15) is 27.8 Å². The van der Waals surface area contributed by atoms with Crippen molar-refractivity contribution in [3.63, 3.8) is 0 Å². The van der Waals surface area contributed by atoms with Crippen molar-refractivity contribution in [3.8, 4) is 0 Å². The number of hydrogen-bond acceptors (Lipinski definition) is 2. The molecule has 0 heterocycles. The molecule has 0 bridgehead atoms. The van der Waals surface area contributed by atoms with Crippen LogP contribution in [0, 0.1) is 5.41 Å². The molecule has 1 unspecified atom stereocenters. The van der Waals surface area contributed by atoms with Crippen LogP contribution in [-0.4, -0.2) is 10.9 Å². The molecule has 132 valence electrons. The molecule has 0 saturated heterocycles. The maximum Gasteiger partial charge on any atom is 0.0979 e. The average molecular weight is 351 g/mol. The molecular formula is C25H21NO.